The van der Waals surface area contributed by atoms with Gasteiger partial charge in [0.15, 0.2) is 0 Å². The molecular formula is C14H10N2. The highest BCUT2D eigenvalue weighted by Crippen LogP contribution is 2.23. The van der Waals surface area contributed by atoms with Crippen LogP contribution < -0.4 is 0 Å². The molecule has 1 aliphatic carbocycles. The van der Waals surface area contributed by atoms with E-state index in [1.807, 2.05) is 48.6 Å². The second kappa shape index (κ2) is 3.69. The van der Waals surface area contributed by atoms with E-state index in [0.717, 1.165) is 22.2 Å². The maximum absolute atomic E-state index is 4.35. The number of allylic oxidation sites excluding steroid dienone is 5. The Morgan fingerprint density at radius 3 is 3.06 bits per heavy atom. The lowest BCUT2D eigenvalue weighted by molar-refractivity contribution is 1.10. The van der Waals surface area contributed by atoms with Crippen molar-refractivity contribution in [1.82, 2.24) is 10.2 Å². The van der Waals surface area contributed by atoms with Gasteiger partial charge in [-0.1, -0.05) is 30.4 Å². The molecule has 1 N–H and O–H groups in total. The van der Waals surface area contributed by atoms with E-state index in [4.69, 9.17) is 0 Å². The number of aromatic nitrogens is 2. The highest BCUT2D eigenvalue weighted by molar-refractivity contribution is 5.93. The molecule has 0 saturated heterocycles. The molecule has 0 atom stereocenters. The van der Waals surface area contributed by atoms with E-state index in [9.17, 15) is 0 Å². The number of H-pyrrole nitrogens is 1. The molecule has 0 bridgehead atoms. The average molecular weight is 206 g/mol. The Morgan fingerprint density at radius 2 is 2.06 bits per heavy atom. The summed E-state index contributed by atoms with van der Waals surface area (Å²) >= 11 is 0. The molecule has 76 valence electrons. The van der Waals surface area contributed by atoms with Crippen LogP contribution in [0.1, 0.15) is 5.69 Å². The maximum Gasteiger partial charge on any atom is 0.0999 e. The summed E-state index contributed by atoms with van der Waals surface area (Å²) in [5, 5.41) is 8.54. The number of nitrogens with one attached hydrogen (secondary N) is 1. The quantitative estimate of drug-likeness (QED) is 0.713. The summed E-state index contributed by atoms with van der Waals surface area (Å²) in [7, 11) is 0. The van der Waals surface area contributed by atoms with Crippen molar-refractivity contribution in [3.05, 3.63) is 66.1 Å². The van der Waals surface area contributed by atoms with Gasteiger partial charge >= 0.3 is 0 Å². The summed E-state index contributed by atoms with van der Waals surface area (Å²) in [5.74, 6) is 0. The highest BCUT2D eigenvalue weighted by atomic mass is 15.1. The van der Waals surface area contributed by atoms with Crippen LogP contribution in [-0.4, -0.2) is 10.2 Å². The van der Waals surface area contributed by atoms with Gasteiger partial charge < -0.3 is 0 Å². The zero-order valence-corrected chi connectivity index (χ0v) is 8.64. The summed E-state index contributed by atoms with van der Waals surface area (Å²) < 4.78 is 0. The first kappa shape index (κ1) is 8.96. The van der Waals surface area contributed by atoms with Gasteiger partial charge in [0.25, 0.3) is 0 Å². The number of benzene rings is 1. The number of aromatic amines is 1. The number of nitrogens with zero attached hydrogens (tertiary/aromatic N) is 1. The zero-order valence-electron chi connectivity index (χ0n) is 8.64. The molecule has 16 heavy (non-hydrogen) atoms. The van der Waals surface area contributed by atoms with E-state index >= 15 is 0 Å². The van der Waals surface area contributed by atoms with Crippen LogP contribution in [0, 0.1) is 0 Å². The van der Waals surface area contributed by atoms with Crippen LogP contribution in [-0.2, 0) is 0 Å². The smallest absolute Gasteiger partial charge is 0.0999 e. The van der Waals surface area contributed by atoms with E-state index < -0.39 is 0 Å². The molecule has 2 heteroatoms. The Bertz CT molecular complexity index is 650. The number of rotatable bonds is 1. The van der Waals surface area contributed by atoms with Crippen molar-refractivity contribution in [3.8, 4) is 0 Å². The molecule has 0 aliphatic heterocycles. The fourth-order valence-corrected chi connectivity index (χ4v) is 1.80. The van der Waals surface area contributed by atoms with E-state index in [1.54, 1.807) is 0 Å². The lowest BCUT2D eigenvalue weighted by atomic mass is 10.1. The fourth-order valence-electron chi connectivity index (χ4n) is 1.80. The normalized spacial score (nSPS) is 14.1. The molecule has 1 aromatic carbocycles. The molecular weight excluding hydrogens is 196 g/mol. The number of hydrogen-bond acceptors (Lipinski definition) is 1. The lowest BCUT2D eigenvalue weighted by Crippen LogP contribution is -1.81. The summed E-state index contributed by atoms with van der Waals surface area (Å²) in [4.78, 5) is 0. The topological polar surface area (TPSA) is 28.7 Å². The highest BCUT2D eigenvalue weighted by Gasteiger charge is 2.07. The van der Waals surface area contributed by atoms with Crippen molar-refractivity contribution in [3.63, 3.8) is 0 Å². The zero-order chi connectivity index (χ0) is 10.8. The first-order valence-corrected chi connectivity index (χ1v) is 5.18. The summed E-state index contributed by atoms with van der Waals surface area (Å²) in [6.45, 7) is 0. The van der Waals surface area contributed by atoms with Crippen LogP contribution in [0.4, 0.5) is 0 Å². The Hall–Kier alpha value is -2.31. The molecule has 2 aromatic rings. The molecule has 1 aromatic heterocycles. The minimum atomic E-state index is 0.986. The molecule has 2 nitrogen and oxygen atoms in total. The maximum atomic E-state index is 4.35. The number of para-hydroxylation sites is 1. The van der Waals surface area contributed by atoms with Gasteiger partial charge in [0.2, 0.25) is 0 Å². The van der Waals surface area contributed by atoms with Gasteiger partial charge in [-0.25, -0.2) is 0 Å². The van der Waals surface area contributed by atoms with Crippen LogP contribution >= 0.6 is 0 Å². The molecule has 0 radical (unpaired) electrons. The predicted molar refractivity (Wildman–Crippen MR) is 65.9 cm³/mol. The predicted octanol–water partition coefficient (Wildman–Crippen LogP) is 3.23. The Morgan fingerprint density at radius 1 is 1.12 bits per heavy atom. The van der Waals surface area contributed by atoms with Crippen molar-refractivity contribution < 1.29 is 0 Å². The third-order valence-corrected chi connectivity index (χ3v) is 2.57. The van der Waals surface area contributed by atoms with Gasteiger partial charge in [0.1, 0.15) is 0 Å². The second-order valence-corrected chi connectivity index (χ2v) is 3.60. The molecule has 0 fully saturated rings. The summed E-state index contributed by atoms with van der Waals surface area (Å²) in [5.41, 5.74) is 6.18. The van der Waals surface area contributed by atoms with Crippen molar-refractivity contribution in [1.29, 1.82) is 0 Å². The summed E-state index contributed by atoms with van der Waals surface area (Å²) in [6.07, 6.45) is 9.82. The third kappa shape index (κ3) is 1.42. The Kier molecular flexibility index (Phi) is 2.06. The van der Waals surface area contributed by atoms with Gasteiger partial charge in [-0.15, -0.1) is 5.73 Å². The first-order valence-electron chi connectivity index (χ1n) is 5.18. The van der Waals surface area contributed by atoms with Crippen molar-refractivity contribution >= 4 is 16.5 Å². The van der Waals surface area contributed by atoms with Crippen molar-refractivity contribution in [2.75, 3.05) is 0 Å². The van der Waals surface area contributed by atoms with Crippen LogP contribution in [0.25, 0.3) is 16.5 Å². The van der Waals surface area contributed by atoms with Gasteiger partial charge in [-0.2, -0.15) is 5.10 Å². The minimum Gasteiger partial charge on any atom is -0.277 e. The van der Waals surface area contributed by atoms with E-state index in [-0.39, 0.29) is 0 Å². The van der Waals surface area contributed by atoms with Crippen molar-refractivity contribution in [2.45, 2.75) is 0 Å². The Balaban J connectivity index is 2.20. The number of fused-ring (bicyclic) bond motifs is 1. The van der Waals surface area contributed by atoms with E-state index in [0.29, 0.717) is 0 Å². The fraction of sp³-hybridized carbons (Fsp3) is 0. The molecule has 0 amide bonds. The average Bonchev–Trinajstić information content (AvgIpc) is 2.57. The summed E-state index contributed by atoms with van der Waals surface area (Å²) in [6, 6.07) is 8.13. The first-order chi connectivity index (χ1) is 7.95. The lowest BCUT2D eigenvalue weighted by Gasteiger charge is -1.96. The van der Waals surface area contributed by atoms with Gasteiger partial charge in [-0.3, -0.25) is 5.10 Å². The van der Waals surface area contributed by atoms with E-state index in [1.165, 1.54) is 0 Å². The monoisotopic (exact) mass is 206 g/mol. The van der Waals surface area contributed by atoms with Crippen LogP contribution in [0.5, 0.6) is 0 Å². The minimum absolute atomic E-state index is 0.986. The number of hydrogen-bond donors (Lipinski definition) is 1. The van der Waals surface area contributed by atoms with Crippen molar-refractivity contribution in [2.24, 2.45) is 0 Å². The Labute approximate surface area is 93.3 Å². The second-order valence-electron chi connectivity index (χ2n) is 3.60. The molecule has 0 saturated carbocycles. The largest absolute Gasteiger partial charge is 0.277 e. The standard InChI is InChI=1S/C14H10N2/c1-2-4-8-11(7-3-1)14-12-9-5-6-10-13(12)15-16-14/h1,3-10H,(H,15,16). The van der Waals surface area contributed by atoms with Gasteiger partial charge in [0, 0.05) is 11.0 Å². The van der Waals surface area contributed by atoms with Gasteiger partial charge in [-0.05, 0) is 24.3 Å². The van der Waals surface area contributed by atoms with Gasteiger partial charge in [0.05, 0.1) is 11.2 Å². The van der Waals surface area contributed by atoms with Crippen LogP contribution in [0.2, 0.25) is 0 Å². The molecule has 0 unspecified atom stereocenters. The molecule has 1 aliphatic rings. The van der Waals surface area contributed by atoms with Crippen LogP contribution in [0.15, 0.2) is 60.4 Å². The SMILES string of the molecule is C1=CC=CC(c2n[nH]c3ccccc23)=CC=1. The molecule has 0 spiro atoms. The van der Waals surface area contributed by atoms with Crippen LogP contribution in [0.3, 0.4) is 0 Å². The molecule has 1 heterocycles. The molecule has 3 rings (SSSR count). The van der Waals surface area contributed by atoms with E-state index in [2.05, 4.69) is 22.0 Å². The third-order valence-electron chi connectivity index (χ3n) is 2.57.